The lowest BCUT2D eigenvalue weighted by molar-refractivity contribution is 0.534. The van der Waals surface area contributed by atoms with E-state index in [4.69, 9.17) is 5.73 Å². The highest BCUT2D eigenvalue weighted by atomic mass is 32.1. The number of fused-ring (bicyclic) bond motifs is 1. The largest absolute Gasteiger partial charge is 0.375 e. The second-order valence-corrected chi connectivity index (χ2v) is 5.11. The van der Waals surface area contributed by atoms with Gasteiger partial charge in [-0.3, -0.25) is 0 Å². The van der Waals surface area contributed by atoms with Crippen LogP contribution in [0.15, 0.2) is 18.2 Å². The van der Waals surface area contributed by atoms with Crippen molar-refractivity contribution in [2.45, 2.75) is 32.9 Å². The molecule has 0 saturated carbocycles. The molecule has 1 aromatic carbocycles. The summed E-state index contributed by atoms with van der Waals surface area (Å²) in [5, 5.41) is 4.11. The summed E-state index contributed by atoms with van der Waals surface area (Å²) in [5.74, 6) is 0. The molecule has 3 nitrogen and oxygen atoms in total. The van der Waals surface area contributed by atoms with Crippen LogP contribution in [0.25, 0.3) is 10.2 Å². The molecule has 0 amide bonds. The van der Waals surface area contributed by atoms with Gasteiger partial charge in [0.05, 0.1) is 10.2 Å². The number of nitrogens with one attached hydrogen (secondary N) is 1. The topological polar surface area (TPSA) is 50.9 Å². The highest BCUT2D eigenvalue weighted by Crippen LogP contribution is 2.24. The van der Waals surface area contributed by atoms with Gasteiger partial charge in [-0.2, -0.15) is 0 Å². The second kappa shape index (κ2) is 4.80. The fourth-order valence-electron chi connectivity index (χ4n) is 1.53. The minimum atomic E-state index is 0.558. The maximum Gasteiger partial charge on any atom is 0.181 e. The summed E-state index contributed by atoms with van der Waals surface area (Å²) < 4.78 is 1.17. The zero-order chi connectivity index (χ0) is 11.5. The minimum absolute atomic E-state index is 0.558. The Labute approximate surface area is 99.7 Å². The zero-order valence-corrected chi connectivity index (χ0v) is 10.5. The normalized spacial score (nSPS) is 13.1. The van der Waals surface area contributed by atoms with Gasteiger partial charge in [0.25, 0.3) is 0 Å². The SMILES string of the molecule is CCC(C)NCc1ccc2nc(N)sc2c1. The van der Waals surface area contributed by atoms with Crippen molar-refractivity contribution >= 4 is 26.7 Å². The Bertz CT molecular complexity index is 478. The molecule has 0 aliphatic rings. The molecule has 0 fully saturated rings. The molecule has 3 N–H and O–H groups in total. The molecule has 0 aliphatic carbocycles. The van der Waals surface area contributed by atoms with E-state index in [0.717, 1.165) is 18.5 Å². The van der Waals surface area contributed by atoms with Crippen LogP contribution in [0.4, 0.5) is 5.13 Å². The van der Waals surface area contributed by atoms with Gasteiger partial charge in [-0.1, -0.05) is 24.3 Å². The molecule has 1 heterocycles. The Morgan fingerprint density at radius 3 is 3.06 bits per heavy atom. The standard InChI is InChI=1S/C12H17N3S/c1-3-8(2)14-7-9-4-5-10-11(6-9)16-12(13)15-10/h4-6,8,14H,3,7H2,1-2H3,(H2,13,15). The molecule has 0 bridgehead atoms. The number of nitrogen functional groups attached to an aromatic ring is 1. The maximum absolute atomic E-state index is 5.68. The number of aromatic nitrogens is 1. The van der Waals surface area contributed by atoms with Crippen LogP contribution in [0.1, 0.15) is 25.8 Å². The lowest BCUT2D eigenvalue weighted by Crippen LogP contribution is -2.24. The maximum atomic E-state index is 5.68. The van der Waals surface area contributed by atoms with Crippen LogP contribution in [0, 0.1) is 0 Å². The molecule has 0 spiro atoms. The third-order valence-corrected chi connectivity index (χ3v) is 3.58. The molecule has 4 heteroatoms. The quantitative estimate of drug-likeness (QED) is 0.856. The molecular weight excluding hydrogens is 218 g/mol. The van der Waals surface area contributed by atoms with E-state index in [0.29, 0.717) is 11.2 Å². The highest BCUT2D eigenvalue weighted by molar-refractivity contribution is 7.22. The Morgan fingerprint density at radius 2 is 2.31 bits per heavy atom. The second-order valence-electron chi connectivity index (χ2n) is 4.04. The number of nitrogens with two attached hydrogens (primary N) is 1. The van der Waals surface area contributed by atoms with E-state index < -0.39 is 0 Å². The predicted octanol–water partition coefficient (Wildman–Crippen LogP) is 2.77. The summed E-state index contributed by atoms with van der Waals surface area (Å²) >= 11 is 1.55. The van der Waals surface area contributed by atoms with Crippen LogP contribution in [-0.4, -0.2) is 11.0 Å². The van der Waals surface area contributed by atoms with Crippen LogP contribution in [0.3, 0.4) is 0 Å². The first-order chi connectivity index (χ1) is 7.69. The number of benzene rings is 1. The van der Waals surface area contributed by atoms with E-state index >= 15 is 0 Å². The van der Waals surface area contributed by atoms with Gasteiger partial charge >= 0.3 is 0 Å². The molecule has 2 rings (SSSR count). The highest BCUT2D eigenvalue weighted by Gasteiger charge is 2.03. The zero-order valence-electron chi connectivity index (χ0n) is 9.66. The van der Waals surface area contributed by atoms with Crippen LogP contribution < -0.4 is 11.1 Å². The lowest BCUT2D eigenvalue weighted by Gasteiger charge is -2.10. The van der Waals surface area contributed by atoms with E-state index in [1.54, 1.807) is 11.3 Å². The first kappa shape index (κ1) is 11.4. The van der Waals surface area contributed by atoms with Crippen LogP contribution in [-0.2, 0) is 6.54 Å². The van der Waals surface area contributed by atoms with Crippen molar-refractivity contribution in [1.82, 2.24) is 10.3 Å². The number of rotatable bonds is 4. The van der Waals surface area contributed by atoms with Gasteiger partial charge in [-0.25, -0.2) is 4.98 Å². The van der Waals surface area contributed by atoms with Crippen molar-refractivity contribution in [1.29, 1.82) is 0 Å². The summed E-state index contributed by atoms with van der Waals surface area (Å²) in [6.07, 6.45) is 1.15. The van der Waals surface area contributed by atoms with E-state index in [9.17, 15) is 0 Å². The van der Waals surface area contributed by atoms with E-state index in [1.807, 2.05) is 6.07 Å². The first-order valence-corrected chi connectivity index (χ1v) is 6.39. The van der Waals surface area contributed by atoms with Crippen molar-refractivity contribution in [3.05, 3.63) is 23.8 Å². The Balaban J connectivity index is 2.13. The number of nitrogens with zero attached hydrogens (tertiary/aromatic N) is 1. The molecule has 0 radical (unpaired) electrons. The molecule has 2 aromatic rings. The summed E-state index contributed by atoms with van der Waals surface area (Å²) in [4.78, 5) is 4.24. The van der Waals surface area contributed by atoms with Gasteiger partial charge in [0, 0.05) is 12.6 Å². The molecular formula is C12H17N3S. The summed E-state index contributed by atoms with van der Waals surface area (Å²) in [6.45, 7) is 5.29. The molecule has 16 heavy (non-hydrogen) atoms. The molecule has 0 saturated heterocycles. The van der Waals surface area contributed by atoms with Crippen molar-refractivity contribution in [3.8, 4) is 0 Å². The molecule has 0 aliphatic heterocycles. The number of thiazole rings is 1. The van der Waals surface area contributed by atoms with Crippen LogP contribution >= 0.6 is 11.3 Å². The monoisotopic (exact) mass is 235 g/mol. The molecule has 1 aromatic heterocycles. The number of hydrogen-bond acceptors (Lipinski definition) is 4. The summed E-state index contributed by atoms with van der Waals surface area (Å²) in [7, 11) is 0. The van der Waals surface area contributed by atoms with Crippen molar-refractivity contribution in [2.24, 2.45) is 0 Å². The Hall–Kier alpha value is -1.13. The van der Waals surface area contributed by atoms with E-state index in [1.165, 1.54) is 10.3 Å². The van der Waals surface area contributed by atoms with Gasteiger partial charge in [-0.15, -0.1) is 0 Å². The smallest absolute Gasteiger partial charge is 0.181 e. The van der Waals surface area contributed by atoms with Crippen molar-refractivity contribution in [3.63, 3.8) is 0 Å². The van der Waals surface area contributed by atoms with Crippen LogP contribution in [0.2, 0.25) is 0 Å². The first-order valence-electron chi connectivity index (χ1n) is 5.57. The summed E-state index contributed by atoms with van der Waals surface area (Å²) in [5.41, 5.74) is 7.96. The predicted molar refractivity (Wildman–Crippen MR) is 70.6 cm³/mol. The molecule has 1 atom stereocenters. The Morgan fingerprint density at radius 1 is 1.50 bits per heavy atom. The van der Waals surface area contributed by atoms with Crippen molar-refractivity contribution in [2.75, 3.05) is 5.73 Å². The van der Waals surface area contributed by atoms with Gasteiger partial charge < -0.3 is 11.1 Å². The average Bonchev–Trinajstić information content (AvgIpc) is 2.65. The molecule has 86 valence electrons. The van der Waals surface area contributed by atoms with Gasteiger partial charge in [0.2, 0.25) is 0 Å². The van der Waals surface area contributed by atoms with Gasteiger partial charge in [0.1, 0.15) is 0 Å². The minimum Gasteiger partial charge on any atom is -0.375 e. The number of anilines is 1. The third kappa shape index (κ3) is 2.51. The lowest BCUT2D eigenvalue weighted by atomic mass is 10.2. The molecule has 1 unspecified atom stereocenters. The van der Waals surface area contributed by atoms with E-state index in [2.05, 4.69) is 36.3 Å². The van der Waals surface area contributed by atoms with Crippen molar-refractivity contribution < 1.29 is 0 Å². The van der Waals surface area contributed by atoms with E-state index in [-0.39, 0.29) is 0 Å². The average molecular weight is 235 g/mol. The fourth-order valence-corrected chi connectivity index (χ4v) is 2.33. The fraction of sp³-hybridized carbons (Fsp3) is 0.417. The van der Waals surface area contributed by atoms with Gasteiger partial charge in [-0.05, 0) is 31.0 Å². The Kier molecular flexibility index (Phi) is 3.41. The van der Waals surface area contributed by atoms with Gasteiger partial charge in [0.15, 0.2) is 5.13 Å². The summed E-state index contributed by atoms with van der Waals surface area (Å²) in [6, 6.07) is 6.87. The van der Waals surface area contributed by atoms with Crippen LogP contribution in [0.5, 0.6) is 0 Å². The third-order valence-electron chi connectivity index (χ3n) is 2.74. The number of hydrogen-bond donors (Lipinski definition) is 2.